The zero-order chi connectivity index (χ0) is 17.6. The molecule has 1 atom stereocenters. The largest absolute Gasteiger partial charge is 0.467 e. The third-order valence-electron chi connectivity index (χ3n) is 4.87. The van der Waals surface area contributed by atoms with Gasteiger partial charge in [0.1, 0.15) is 12.0 Å². The highest BCUT2D eigenvalue weighted by atomic mass is 35.5. The summed E-state index contributed by atoms with van der Waals surface area (Å²) >= 11 is 0. The first-order chi connectivity index (χ1) is 12.2. The first-order valence-electron chi connectivity index (χ1n) is 9.02. The lowest BCUT2D eigenvalue weighted by Gasteiger charge is -2.24. The van der Waals surface area contributed by atoms with Crippen LogP contribution in [0.15, 0.2) is 47.1 Å². The Kier molecular flexibility index (Phi) is 9.88. The minimum atomic E-state index is 0. The maximum absolute atomic E-state index is 12.7. The molecule has 1 amide bonds. The van der Waals surface area contributed by atoms with E-state index in [0.29, 0.717) is 30.3 Å². The number of likely N-dealkylation sites (tertiary alicyclic amines) is 1. The van der Waals surface area contributed by atoms with Gasteiger partial charge in [-0.3, -0.25) is 9.69 Å². The Labute approximate surface area is 173 Å². The van der Waals surface area contributed by atoms with Gasteiger partial charge in [-0.15, -0.1) is 24.8 Å². The first-order valence-corrected chi connectivity index (χ1v) is 9.02. The number of hydrogen-bond donors (Lipinski definition) is 1. The van der Waals surface area contributed by atoms with E-state index in [1.54, 1.807) is 6.07 Å². The Morgan fingerprint density at radius 2 is 2.04 bits per heavy atom. The molecular formula is C20H29Cl2N3O2. The van der Waals surface area contributed by atoms with Crippen LogP contribution in [0.2, 0.25) is 0 Å². The number of carbonyl (C=O) groups is 1. The van der Waals surface area contributed by atoms with E-state index >= 15 is 0 Å². The van der Waals surface area contributed by atoms with Crippen molar-refractivity contribution in [1.82, 2.24) is 9.80 Å². The van der Waals surface area contributed by atoms with Gasteiger partial charge in [0.25, 0.3) is 5.91 Å². The molecule has 2 aromatic rings. The Morgan fingerprint density at radius 3 is 2.67 bits per heavy atom. The number of hydrogen-bond acceptors (Lipinski definition) is 4. The molecule has 27 heavy (non-hydrogen) atoms. The molecular weight excluding hydrogens is 385 g/mol. The summed E-state index contributed by atoms with van der Waals surface area (Å²) in [7, 11) is 0. The molecule has 5 nitrogen and oxygen atoms in total. The van der Waals surface area contributed by atoms with Gasteiger partial charge in [-0.05, 0) is 37.4 Å². The highest BCUT2D eigenvalue weighted by Gasteiger charge is 2.26. The minimum absolute atomic E-state index is 0. The normalized spacial score (nSPS) is 16.4. The molecule has 2 heterocycles. The zero-order valence-electron chi connectivity index (χ0n) is 15.7. The summed E-state index contributed by atoms with van der Waals surface area (Å²) in [5.74, 6) is 1.20. The summed E-state index contributed by atoms with van der Waals surface area (Å²) in [6.45, 7) is 6.96. The van der Waals surface area contributed by atoms with E-state index in [0.717, 1.165) is 32.6 Å². The number of nitrogens with zero attached hydrogens (tertiary/aromatic N) is 2. The van der Waals surface area contributed by atoms with E-state index in [-0.39, 0.29) is 30.7 Å². The molecule has 1 unspecified atom stereocenters. The first kappa shape index (κ1) is 23.5. The Hall–Kier alpha value is -1.53. The van der Waals surface area contributed by atoms with Gasteiger partial charge < -0.3 is 15.1 Å². The van der Waals surface area contributed by atoms with E-state index in [1.807, 2.05) is 17.9 Å². The van der Waals surface area contributed by atoms with Gasteiger partial charge >= 0.3 is 0 Å². The standard InChI is InChI=1S/C20H27N3O2.2ClH/c1-2-23(20(24)18-10-19(11-21)25-15-18)14-17-8-9-22(13-17)12-16-6-4-3-5-7-16;;/h3-7,10,15,17H,2,8-9,11-14,21H2,1H3;2*1H. The van der Waals surface area contributed by atoms with E-state index in [9.17, 15) is 4.79 Å². The number of benzene rings is 1. The second-order valence-corrected chi connectivity index (χ2v) is 6.73. The van der Waals surface area contributed by atoms with E-state index in [2.05, 4.69) is 29.2 Å². The van der Waals surface area contributed by atoms with Gasteiger partial charge in [-0.25, -0.2) is 0 Å². The molecule has 0 bridgehead atoms. The van der Waals surface area contributed by atoms with Crippen molar-refractivity contribution < 1.29 is 9.21 Å². The molecule has 3 rings (SSSR count). The van der Waals surface area contributed by atoms with E-state index in [1.165, 1.54) is 11.8 Å². The molecule has 1 aromatic heterocycles. The zero-order valence-corrected chi connectivity index (χ0v) is 17.3. The van der Waals surface area contributed by atoms with Crippen molar-refractivity contribution in [3.8, 4) is 0 Å². The van der Waals surface area contributed by atoms with Crippen LogP contribution in [0.25, 0.3) is 0 Å². The third-order valence-corrected chi connectivity index (χ3v) is 4.87. The maximum Gasteiger partial charge on any atom is 0.257 e. The van der Waals surface area contributed by atoms with Crippen LogP contribution in [-0.4, -0.2) is 41.9 Å². The van der Waals surface area contributed by atoms with Crippen LogP contribution < -0.4 is 5.73 Å². The van der Waals surface area contributed by atoms with Gasteiger partial charge in [-0.1, -0.05) is 30.3 Å². The summed E-state index contributed by atoms with van der Waals surface area (Å²) in [5, 5.41) is 0. The number of carbonyl (C=O) groups excluding carboxylic acids is 1. The molecule has 150 valence electrons. The lowest BCUT2D eigenvalue weighted by Crippen LogP contribution is -2.36. The second-order valence-electron chi connectivity index (χ2n) is 6.73. The van der Waals surface area contributed by atoms with Crippen LogP contribution in [0.3, 0.4) is 0 Å². The highest BCUT2D eigenvalue weighted by molar-refractivity contribution is 5.94. The number of nitrogens with two attached hydrogens (primary N) is 1. The van der Waals surface area contributed by atoms with Crippen LogP contribution in [0.5, 0.6) is 0 Å². The molecule has 0 aliphatic carbocycles. The number of furan rings is 1. The predicted octanol–water partition coefficient (Wildman–Crippen LogP) is 3.57. The van der Waals surface area contributed by atoms with Crippen molar-refractivity contribution in [2.75, 3.05) is 26.2 Å². The lowest BCUT2D eigenvalue weighted by molar-refractivity contribution is 0.0738. The number of rotatable bonds is 7. The van der Waals surface area contributed by atoms with Crippen molar-refractivity contribution in [1.29, 1.82) is 0 Å². The van der Waals surface area contributed by atoms with Gasteiger partial charge in [0.2, 0.25) is 0 Å². The predicted molar refractivity (Wildman–Crippen MR) is 112 cm³/mol. The topological polar surface area (TPSA) is 62.7 Å². The number of amides is 1. The Bertz CT molecular complexity index is 694. The van der Waals surface area contributed by atoms with Crippen LogP contribution >= 0.6 is 24.8 Å². The van der Waals surface area contributed by atoms with Crippen molar-refractivity contribution in [2.45, 2.75) is 26.4 Å². The average molecular weight is 414 g/mol. The summed E-state index contributed by atoms with van der Waals surface area (Å²) in [5.41, 5.74) is 7.50. The molecule has 1 aromatic carbocycles. The van der Waals surface area contributed by atoms with Gasteiger partial charge in [0.15, 0.2) is 0 Å². The molecule has 1 aliphatic rings. The summed E-state index contributed by atoms with van der Waals surface area (Å²) in [4.78, 5) is 17.1. The molecule has 7 heteroatoms. The van der Waals surface area contributed by atoms with E-state index < -0.39 is 0 Å². The fourth-order valence-corrected chi connectivity index (χ4v) is 3.50. The second kappa shape index (κ2) is 11.3. The molecule has 1 fully saturated rings. The Morgan fingerprint density at radius 1 is 1.30 bits per heavy atom. The summed E-state index contributed by atoms with van der Waals surface area (Å²) in [6, 6.07) is 12.3. The van der Waals surface area contributed by atoms with Crippen LogP contribution in [0.4, 0.5) is 0 Å². The fourth-order valence-electron chi connectivity index (χ4n) is 3.50. The van der Waals surface area contributed by atoms with Crippen LogP contribution in [0.1, 0.15) is 35.0 Å². The molecule has 1 saturated heterocycles. The van der Waals surface area contributed by atoms with Crippen LogP contribution in [0, 0.1) is 5.92 Å². The maximum atomic E-state index is 12.7. The van der Waals surface area contributed by atoms with Crippen molar-refractivity contribution in [3.63, 3.8) is 0 Å². The van der Waals surface area contributed by atoms with Gasteiger partial charge in [-0.2, -0.15) is 0 Å². The minimum Gasteiger partial charge on any atom is -0.467 e. The monoisotopic (exact) mass is 413 g/mol. The third kappa shape index (κ3) is 6.25. The Balaban J connectivity index is 0.00000182. The fraction of sp³-hybridized carbons (Fsp3) is 0.450. The quantitative estimate of drug-likeness (QED) is 0.753. The molecule has 0 saturated carbocycles. The summed E-state index contributed by atoms with van der Waals surface area (Å²) in [6.07, 6.45) is 2.65. The van der Waals surface area contributed by atoms with Crippen LogP contribution in [-0.2, 0) is 13.1 Å². The molecule has 0 radical (unpaired) electrons. The van der Waals surface area contributed by atoms with Crippen molar-refractivity contribution in [2.24, 2.45) is 11.7 Å². The molecule has 0 spiro atoms. The van der Waals surface area contributed by atoms with Crippen molar-refractivity contribution in [3.05, 3.63) is 59.5 Å². The SMILES string of the molecule is CCN(CC1CCN(Cc2ccccc2)C1)C(=O)c1coc(CN)c1.Cl.Cl. The van der Waals surface area contributed by atoms with Gasteiger partial charge in [0.05, 0.1) is 12.1 Å². The molecule has 2 N–H and O–H groups in total. The van der Waals surface area contributed by atoms with Gasteiger partial charge in [0, 0.05) is 26.2 Å². The van der Waals surface area contributed by atoms with E-state index in [4.69, 9.17) is 10.2 Å². The molecule has 1 aliphatic heterocycles. The van der Waals surface area contributed by atoms with Crippen molar-refractivity contribution >= 4 is 30.7 Å². The lowest BCUT2D eigenvalue weighted by atomic mass is 10.1. The summed E-state index contributed by atoms with van der Waals surface area (Å²) < 4.78 is 5.30. The number of halogens is 2. The average Bonchev–Trinajstić information content (AvgIpc) is 3.29. The highest BCUT2D eigenvalue weighted by Crippen LogP contribution is 2.21. The smallest absolute Gasteiger partial charge is 0.257 e.